The molecule has 0 spiro atoms. The highest BCUT2D eigenvalue weighted by atomic mass is 35.5. The highest BCUT2D eigenvalue weighted by Crippen LogP contribution is 2.29. The second kappa shape index (κ2) is 4.18. The summed E-state index contributed by atoms with van der Waals surface area (Å²) in [5, 5.41) is 0.844. The fourth-order valence-corrected chi connectivity index (χ4v) is 2.12. The van der Waals surface area contributed by atoms with E-state index >= 15 is 0 Å². The zero-order chi connectivity index (χ0) is 9.97. The average molecular weight is 207 g/mol. The molecule has 1 aliphatic rings. The largest absolute Gasteiger partial charge is 0.0843 e. The van der Waals surface area contributed by atoms with Crippen LogP contribution in [0.1, 0.15) is 37.3 Å². The first-order chi connectivity index (χ1) is 6.79. The van der Waals surface area contributed by atoms with Gasteiger partial charge in [-0.1, -0.05) is 42.7 Å². The van der Waals surface area contributed by atoms with Gasteiger partial charge in [-0.2, -0.15) is 0 Å². The van der Waals surface area contributed by atoms with E-state index in [0.717, 1.165) is 11.4 Å². The fraction of sp³-hybridized carbons (Fsp3) is 0.385. The zero-order valence-electron chi connectivity index (χ0n) is 8.52. The molecule has 0 saturated carbocycles. The van der Waals surface area contributed by atoms with Crippen LogP contribution >= 0.6 is 11.6 Å². The maximum absolute atomic E-state index is 5.95. The van der Waals surface area contributed by atoms with Gasteiger partial charge in [0.25, 0.3) is 0 Å². The molecular formula is C13H15Cl. The number of benzene rings is 1. The van der Waals surface area contributed by atoms with E-state index in [0.29, 0.717) is 0 Å². The van der Waals surface area contributed by atoms with Crippen molar-refractivity contribution in [3.8, 4) is 0 Å². The van der Waals surface area contributed by atoms with Crippen molar-refractivity contribution in [2.24, 2.45) is 0 Å². The first-order valence-electron chi connectivity index (χ1n) is 5.27. The summed E-state index contributed by atoms with van der Waals surface area (Å²) in [6, 6.07) is 6.19. The van der Waals surface area contributed by atoms with E-state index in [4.69, 9.17) is 11.6 Å². The molecule has 14 heavy (non-hydrogen) atoms. The predicted octanol–water partition coefficient (Wildman–Crippen LogP) is 4.47. The summed E-state index contributed by atoms with van der Waals surface area (Å²) in [7, 11) is 0. The molecule has 0 saturated heterocycles. The number of rotatable bonds is 3. The highest BCUT2D eigenvalue weighted by molar-refractivity contribution is 6.30. The Bertz CT molecular complexity index is 363. The van der Waals surface area contributed by atoms with Crippen LogP contribution in [0.5, 0.6) is 0 Å². The minimum Gasteiger partial charge on any atom is -0.0843 e. The van der Waals surface area contributed by atoms with Crippen LogP contribution in [0.15, 0.2) is 23.8 Å². The number of hydrogen-bond acceptors (Lipinski definition) is 0. The molecule has 1 aromatic rings. The standard InChI is InChI=1S/C13H15Cl/c1-2-3-4-10-7-11-5-6-13(14)9-12(11)8-10/h5-6,8-9H,2-4,7H2,1H3. The van der Waals surface area contributed by atoms with Crippen molar-refractivity contribution < 1.29 is 0 Å². The summed E-state index contributed by atoms with van der Waals surface area (Å²) in [4.78, 5) is 0. The van der Waals surface area contributed by atoms with Gasteiger partial charge in [-0.05, 0) is 42.5 Å². The number of halogens is 1. The van der Waals surface area contributed by atoms with Crippen LogP contribution in [0.4, 0.5) is 0 Å². The van der Waals surface area contributed by atoms with Crippen molar-refractivity contribution in [1.82, 2.24) is 0 Å². The van der Waals surface area contributed by atoms with Gasteiger partial charge in [0.15, 0.2) is 0 Å². The molecular weight excluding hydrogens is 192 g/mol. The Balaban J connectivity index is 2.13. The van der Waals surface area contributed by atoms with E-state index in [1.165, 1.54) is 30.4 Å². The Labute approximate surface area is 90.6 Å². The molecule has 0 unspecified atom stereocenters. The molecule has 0 N–H and O–H groups in total. The predicted molar refractivity (Wildman–Crippen MR) is 62.7 cm³/mol. The van der Waals surface area contributed by atoms with Crippen LogP contribution in [0.3, 0.4) is 0 Å². The van der Waals surface area contributed by atoms with E-state index in [2.05, 4.69) is 25.1 Å². The normalized spacial score (nSPS) is 14.0. The zero-order valence-corrected chi connectivity index (χ0v) is 9.27. The number of unbranched alkanes of at least 4 members (excludes halogenated alkanes) is 1. The van der Waals surface area contributed by atoms with Gasteiger partial charge in [0.05, 0.1) is 0 Å². The van der Waals surface area contributed by atoms with Gasteiger partial charge in [-0.3, -0.25) is 0 Å². The molecule has 0 heterocycles. The van der Waals surface area contributed by atoms with Crippen LogP contribution in [0.25, 0.3) is 6.08 Å². The first kappa shape index (κ1) is 9.79. The molecule has 0 atom stereocenters. The summed E-state index contributed by atoms with van der Waals surface area (Å²) < 4.78 is 0. The van der Waals surface area contributed by atoms with Gasteiger partial charge in [0, 0.05) is 5.02 Å². The molecule has 74 valence electrons. The molecule has 0 aliphatic heterocycles. The molecule has 0 fully saturated rings. The summed E-state index contributed by atoms with van der Waals surface area (Å²) in [6.45, 7) is 2.24. The summed E-state index contributed by atoms with van der Waals surface area (Å²) in [6.07, 6.45) is 7.24. The molecule has 0 radical (unpaired) electrons. The second-order valence-electron chi connectivity index (χ2n) is 3.93. The van der Waals surface area contributed by atoms with Crippen molar-refractivity contribution >= 4 is 17.7 Å². The second-order valence-corrected chi connectivity index (χ2v) is 4.36. The molecule has 0 nitrogen and oxygen atoms in total. The first-order valence-corrected chi connectivity index (χ1v) is 5.65. The van der Waals surface area contributed by atoms with Gasteiger partial charge >= 0.3 is 0 Å². The Hall–Kier alpha value is -0.750. The monoisotopic (exact) mass is 206 g/mol. The van der Waals surface area contributed by atoms with E-state index in [1.807, 2.05) is 6.07 Å². The lowest BCUT2D eigenvalue weighted by Crippen LogP contribution is -1.84. The molecule has 2 rings (SSSR count). The van der Waals surface area contributed by atoms with Gasteiger partial charge in [0.1, 0.15) is 0 Å². The fourth-order valence-electron chi connectivity index (χ4n) is 1.94. The molecule has 0 bridgehead atoms. The van der Waals surface area contributed by atoms with E-state index < -0.39 is 0 Å². The summed E-state index contributed by atoms with van der Waals surface area (Å²) >= 11 is 5.95. The maximum Gasteiger partial charge on any atom is 0.0412 e. The van der Waals surface area contributed by atoms with E-state index in [-0.39, 0.29) is 0 Å². The SMILES string of the molecule is CCCCC1=Cc2cc(Cl)ccc2C1. The Morgan fingerprint density at radius 2 is 2.21 bits per heavy atom. The van der Waals surface area contributed by atoms with Gasteiger partial charge in [-0.15, -0.1) is 0 Å². The third kappa shape index (κ3) is 2.01. The lowest BCUT2D eigenvalue weighted by molar-refractivity contribution is 0.779. The van der Waals surface area contributed by atoms with Crippen molar-refractivity contribution in [2.45, 2.75) is 32.6 Å². The van der Waals surface area contributed by atoms with Crippen LogP contribution in [-0.4, -0.2) is 0 Å². The van der Waals surface area contributed by atoms with Crippen LogP contribution in [0.2, 0.25) is 5.02 Å². The lowest BCUT2D eigenvalue weighted by Gasteiger charge is -1.99. The van der Waals surface area contributed by atoms with Crippen LogP contribution in [-0.2, 0) is 6.42 Å². The Morgan fingerprint density at radius 3 is 3.00 bits per heavy atom. The number of hydrogen-bond donors (Lipinski definition) is 0. The quantitative estimate of drug-likeness (QED) is 0.685. The third-order valence-electron chi connectivity index (χ3n) is 2.74. The Kier molecular flexibility index (Phi) is 2.93. The van der Waals surface area contributed by atoms with Crippen molar-refractivity contribution in [3.63, 3.8) is 0 Å². The number of allylic oxidation sites excluding steroid dienone is 1. The molecule has 1 heteroatoms. The van der Waals surface area contributed by atoms with E-state index in [9.17, 15) is 0 Å². The molecule has 0 aromatic heterocycles. The Morgan fingerprint density at radius 1 is 1.36 bits per heavy atom. The lowest BCUT2D eigenvalue weighted by atomic mass is 10.1. The van der Waals surface area contributed by atoms with Crippen molar-refractivity contribution in [2.75, 3.05) is 0 Å². The molecule has 1 aliphatic carbocycles. The highest BCUT2D eigenvalue weighted by Gasteiger charge is 2.11. The average Bonchev–Trinajstić information content (AvgIpc) is 2.56. The van der Waals surface area contributed by atoms with E-state index in [1.54, 1.807) is 5.57 Å². The summed E-state index contributed by atoms with van der Waals surface area (Å²) in [5.74, 6) is 0. The molecule has 1 aromatic carbocycles. The topological polar surface area (TPSA) is 0 Å². The summed E-state index contributed by atoms with van der Waals surface area (Å²) in [5.41, 5.74) is 4.31. The minimum atomic E-state index is 0.844. The van der Waals surface area contributed by atoms with Gasteiger partial charge in [0.2, 0.25) is 0 Å². The third-order valence-corrected chi connectivity index (χ3v) is 2.97. The van der Waals surface area contributed by atoms with Crippen LogP contribution in [0, 0.1) is 0 Å². The van der Waals surface area contributed by atoms with Gasteiger partial charge < -0.3 is 0 Å². The number of fused-ring (bicyclic) bond motifs is 1. The van der Waals surface area contributed by atoms with Crippen molar-refractivity contribution in [3.05, 3.63) is 39.9 Å². The minimum absolute atomic E-state index is 0.844. The van der Waals surface area contributed by atoms with Crippen LogP contribution < -0.4 is 0 Å². The smallest absolute Gasteiger partial charge is 0.0412 e. The molecule has 0 amide bonds. The van der Waals surface area contributed by atoms with Crippen molar-refractivity contribution in [1.29, 1.82) is 0 Å². The maximum atomic E-state index is 5.95. The van der Waals surface area contributed by atoms with Gasteiger partial charge in [-0.25, -0.2) is 0 Å².